The fraction of sp³-hybridized carbons (Fsp3) is 0.333. The van der Waals surface area contributed by atoms with E-state index in [1.165, 1.54) is 6.92 Å². The first-order valence-electron chi connectivity index (χ1n) is 3.53. The molecule has 0 saturated heterocycles. The van der Waals surface area contributed by atoms with E-state index in [0.717, 1.165) is 11.3 Å². The Morgan fingerprint density at radius 3 is 2.57 bits per heavy atom. The Bertz CT molecular complexity index is 360. The van der Waals surface area contributed by atoms with E-state index in [2.05, 4.69) is 10.3 Å². The summed E-state index contributed by atoms with van der Waals surface area (Å²) in [5.41, 5.74) is 0.515. The average molecular weight is 257 g/mol. The molecule has 0 fully saturated rings. The van der Waals surface area contributed by atoms with E-state index in [1.807, 2.05) is 0 Å². The highest BCUT2D eigenvalue weighted by atomic mass is 35.7. The van der Waals surface area contributed by atoms with Gasteiger partial charge in [-0.2, -0.15) is 0 Å². The summed E-state index contributed by atoms with van der Waals surface area (Å²) in [6.45, 7) is 3.00. The zero-order valence-electron chi connectivity index (χ0n) is 7.44. The van der Waals surface area contributed by atoms with Gasteiger partial charge in [-0.15, -0.1) is 0 Å². The van der Waals surface area contributed by atoms with Crippen molar-refractivity contribution in [1.29, 1.82) is 0 Å². The first-order valence-corrected chi connectivity index (χ1v) is 6.72. The standard InChI is InChI=1S/C6H9ClN2O3S2/c1-3-5(9-4(2)10)13-6(8-3)14(7,11)12/h11-12H,1-2H3,(H,9,10). The second kappa shape index (κ2) is 4.03. The first-order chi connectivity index (χ1) is 6.30. The molecule has 1 amide bonds. The van der Waals surface area contributed by atoms with E-state index in [4.69, 9.17) is 19.8 Å². The Morgan fingerprint density at radius 1 is 1.64 bits per heavy atom. The van der Waals surface area contributed by atoms with E-state index < -0.39 is 9.80 Å². The summed E-state index contributed by atoms with van der Waals surface area (Å²) in [4.78, 5) is 14.6. The number of aryl methyl sites for hydroxylation is 1. The van der Waals surface area contributed by atoms with E-state index in [-0.39, 0.29) is 10.2 Å². The third-order valence-corrected chi connectivity index (χ3v) is 4.35. The van der Waals surface area contributed by atoms with Crippen molar-refractivity contribution >= 4 is 42.7 Å². The van der Waals surface area contributed by atoms with E-state index in [9.17, 15) is 4.79 Å². The molecule has 0 radical (unpaired) electrons. The van der Waals surface area contributed by atoms with Gasteiger partial charge in [-0.05, 0) is 6.92 Å². The fourth-order valence-corrected chi connectivity index (χ4v) is 2.82. The number of halogens is 1. The largest absolute Gasteiger partial charge is 0.316 e. The Labute approximate surface area is 91.0 Å². The zero-order chi connectivity index (χ0) is 10.9. The van der Waals surface area contributed by atoms with Gasteiger partial charge in [0.2, 0.25) is 10.2 Å². The van der Waals surface area contributed by atoms with Crippen LogP contribution in [0.1, 0.15) is 12.6 Å². The highest BCUT2D eigenvalue weighted by molar-refractivity contribution is 8.43. The Morgan fingerprint density at radius 2 is 2.21 bits per heavy atom. The summed E-state index contributed by atoms with van der Waals surface area (Å²) in [5, 5.41) is 2.99. The van der Waals surface area contributed by atoms with Gasteiger partial charge in [-0.25, -0.2) is 4.98 Å². The molecule has 0 aliphatic carbocycles. The molecule has 1 rings (SSSR count). The highest BCUT2D eigenvalue weighted by Crippen LogP contribution is 2.55. The number of nitrogens with one attached hydrogen (secondary N) is 1. The molecule has 0 aliphatic heterocycles. The van der Waals surface area contributed by atoms with Crippen LogP contribution >= 0.6 is 31.8 Å². The molecule has 5 nitrogen and oxygen atoms in total. The SMILES string of the molecule is CC(=O)Nc1sc(S(O)(O)Cl)nc1C. The summed E-state index contributed by atoms with van der Waals surface area (Å²) < 4.78 is 18.2. The molecule has 0 aromatic carbocycles. The number of hydrogen-bond acceptors (Lipinski definition) is 5. The number of thiazole rings is 1. The zero-order valence-corrected chi connectivity index (χ0v) is 9.83. The van der Waals surface area contributed by atoms with Gasteiger partial charge in [0.15, 0.2) is 0 Å². The average Bonchev–Trinajstić information content (AvgIpc) is 2.30. The molecule has 0 spiro atoms. The molecule has 0 unspecified atom stereocenters. The summed E-state index contributed by atoms with van der Waals surface area (Å²) in [6, 6.07) is 0. The van der Waals surface area contributed by atoms with Crippen molar-refractivity contribution in [1.82, 2.24) is 4.98 Å². The molecule has 1 aromatic rings. The van der Waals surface area contributed by atoms with Gasteiger partial charge in [-0.1, -0.05) is 21.1 Å². The number of rotatable bonds is 2. The molecular formula is C6H9ClN2O3S2. The minimum atomic E-state index is -3.31. The second-order valence-electron chi connectivity index (χ2n) is 2.55. The lowest BCUT2D eigenvalue weighted by molar-refractivity contribution is -0.114. The van der Waals surface area contributed by atoms with Crippen LogP contribution in [0.25, 0.3) is 0 Å². The number of hydrogen-bond donors (Lipinski definition) is 3. The van der Waals surface area contributed by atoms with Crippen molar-refractivity contribution in [3.63, 3.8) is 0 Å². The van der Waals surface area contributed by atoms with Crippen molar-refractivity contribution in [3.8, 4) is 0 Å². The van der Waals surface area contributed by atoms with Crippen LogP contribution in [0.3, 0.4) is 0 Å². The van der Waals surface area contributed by atoms with Crippen LogP contribution in [0.15, 0.2) is 4.34 Å². The molecule has 0 saturated carbocycles. The maximum atomic E-state index is 10.7. The number of nitrogens with zero attached hydrogens (tertiary/aromatic N) is 1. The highest BCUT2D eigenvalue weighted by Gasteiger charge is 2.19. The number of anilines is 1. The topological polar surface area (TPSA) is 82.5 Å². The molecule has 80 valence electrons. The Balaban J connectivity index is 2.99. The van der Waals surface area contributed by atoms with Crippen molar-refractivity contribution in [3.05, 3.63) is 5.69 Å². The molecular weight excluding hydrogens is 248 g/mol. The maximum Gasteiger partial charge on any atom is 0.221 e. The normalized spacial score (nSPS) is 12.6. The third kappa shape index (κ3) is 2.82. The summed E-state index contributed by atoms with van der Waals surface area (Å²) in [7, 11) is 2.00. The Hall–Kier alpha value is -0.340. The minimum absolute atomic E-state index is 0.0143. The van der Waals surface area contributed by atoms with Crippen LogP contribution in [-0.4, -0.2) is 20.0 Å². The third-order valence-electron chi connectivity index (χ3n) is 1.29. The van der Waals surface area contributed by atoms with Crippen LogP contribution in [0.4, 0.5) is 5.00 Å². The second-order valence-corrected chi connectivity index (χ2v) is 6.45. The molecule has 1 aromatic heterocycles. The van der Waals surface area contributed by atoms with E-state index >= 15 is 0 Å². The Kier molecular flexibility index (Phi) is 3.38. The molecule has 14 heavy (non-hydrogen) atoms. The summed E-state index contributed by atoms with van der Waals surface area (Å²) in [6.07, 6.45) is 0. The number of amides is 1. The first kappa shape index (κ1) is 11.7. The smallest absolute Gasteiger partial charge is 0.221 e. The number of carbonyl (C=O) groups is 1. The fourth-order valence-electron chi connectivity index (χ4n) is 0.759. The maximum absolute atomic E-state index is 10.7. The van der Waals surface area contributed by atoms with Crippen molar-refractivity contribution in [2.24, 2.45) is 0 Å². The van der Waals surface area contributed by atoms with E-state index in [0.29, 0.717) is 10.7 Å². The van der Waals surface area contributed by atoms with Crippen LogP contribution in [-0.2, 0) is 4.79 Å². The molecule has 0 bridgehead atoms. The monoisotopic (exact) mass is 256 g/mol. The van der Waals surface area contributed by atoms with Crippen LogP contribution in [0.5, 0.6) is 0 Å². The van der Waals surface area contributed by atoms with Gasteiger partial charge >= 0.3 is 0 Å². The lowest BCUT2D eigenvalue weighted by Gasteiger charge is -2.18. The van der Waals surface area contributed by atoms with Gasteiger partial charge in [-0.3, -0.25) is 13.9 Å². The van der Waals surface area contributed by atoms with Gasteiger partial charge in [0, 0.05) is 17.6 Å². The van der Waals surface area contributed by atoms with Gasteiger partial charge in [0.1, 0.15) is 5.00 Å². The van der Waals surface area contributed by atoms with Crippen molar-refractivity contribution < 1.29 is 13.9 Å². The lowest BCUT2D eigenvalue weighted by Crippen LogP contribution is -2.04. The molecule has 3 N–H and O–H groups in total. The quantitative estimate of drug-likeness (QED) is 0.760. The van der Waals surface area contributed by atoms with Crippen LogP contribution in [0, 0.1) is 6.92 Å². The number of carbonyl (C=O) groups excluding carboxylic acids is 1. The number of aromatic nitrogens is 1. The summed E-state index contributed by atoms with van der Waals surface area (Å²) in [5.74, 6) is -0.241. The molecule has 8 heteroatoms. The van der Waals surface area contributed by atoms with Crippen LogP contribution < -0.4 is 5.32 Å². The van der Waals surface area contributed by atoms with Gasteiger partial charge in [0.25, 0.3) is 0 Å². The lowest BCUT2D eigenvalue weighted by atomic mass is 10.5. The van der Waals surface area contributed by atoms with Crippen molar-refractivity contribution in [2.75, 3.05) is 5.32 Å². The molecule has 1 heterocycles. The van der Waals surface area contributed by atoms with Gasteiger partial charge in [0.05, 0.1) is 5.69 Å². The molecule has 0 aliphatic rings. The predicted molar refractivity (Wildman–Crippen MR) is 58.1 cm³/mol. The minimum Gasteiger partial charge on any atom is -0.316 e. The predicted octanol–water partition coefficient (Wildman–Crippen LogP) is 2.67. The molecule has 0 atom stereocenters. The van der Waals surface area contributed by atoms with Gasteiger partial charge < -0.3 is 5.32 Å². The summed E-state index contributed by atoms with van der Waals surface area (Å²) >= 11 is 0.957. The van der Waals surface area contributed by atoms with Crippen LogP contribution in [0.2, 0.25) is 0 Å². The van der Waals surface area contributed by atoms with E-state index in [1.54, 1.807) is 6.92 Å². The van der Waals surface area contributed by atoms with Crippen molar-refractivity contribution in [2.45, 2.75) is 18.2 Å².